The third-order valence-electron chi connectivity index (χ3n) is 5.19. The van der Waals surface area contributed by atoms with Crippen molar-refractivity contribution in [3.63, 3.8) is 0 Å². The number of aliphatic hydroxyl groups excluding tert-OH is 1. The smallest absolute Gasteiger partial charge is 0.300 e. The molecular weight excluding hydrogens is 453 g/mol. The maximum Gasteiger partial charge on any atom is 0.300 e. The minimum atomic E-state index is -0.975. The third kappa shape index (κ3) is 3.68. The van der Waals surface area contributed by atoms with Crippen molar-refractivity contribution in [3.05, 3.63) is 93.5 Å². The fraction of sp³-hybridized carbons (Fsp3) is 0.0833. The number of nitrogens with zero attached hydrogens (tertiary/aromatic N) is 1. The summed E-state index contributed by atoms with van der Waals surface area (Å²) in [6.45, 7) is 0. The Hall–Kier alpha value is -3.48. The van der Waals surface area contributed by atoms with Crippen LogP contribution in [0.5, 0.6) is 11.5 Å². The normalized spacial score (nSPS) is 17.6. The standard InChI is InChI=1S/C24H17Cl2NO5/c1-32-19-12-14(7-9-16(19)25)22(29)20-21(13-8-10-18(28)17(26)11-13)27(24(31)23(20)30)15-5-3-2-4-6-15/h2-12,21,28-29H,1H3/b22-20-. The summed E-state index contributed by atoms with van der Waals surface area (Å²) in [5, 5.41) is 21.4. The molecule has 1 unspecified atom stereocenters. The molecule has 0 saturated carbocycles. The number of aliphatic hydroxyl groups is 1. The number of hydrogen-bond donors (Lipinski definition) is 2. The molecule has 3 aromatic carbocycles. The number of halogens is 2. The summed E-state index contributed by atoms with van der Waals surface area (Å²) in [5.74, 6) is -1.87. The van der Waals surface area contributed by atoms with Crippen molar-refractivity contribution in [3.8, 4) is 11.5 Å². The molecule has 162 valence electrons. The van der Waals surface area contributed by atoms with Gasteiger partial charge in [-0.1, -0.05) is 47.5 Å². The van der Waals surface area contributed by atoms with Crippen molar-refractivity contribution in [2.75, 3.05) is 12.0 Å². The second kappa shape index (κ2) is 8.57. The Labute approximate surface area is 193 Å². The van der Waals surface area contributed by atoms with Crippen LogP contribution in [0.4, 0.5) is 5.69 Å². The van der Waals surface area contributed by atoms with E-state index in [1.54, 1.807) is 36.4 Å². The zero-order valence-corrected chi connectivity index (χ0v) is 18.3. The number of Topliss-reactive ketones (excluding diaryl/α,β-unsaturated/α-hetero) is 1. The van der Waals surface area contributed by atoms with Crippen LogP contribution in [0.15, 0.2) is 72.3 Å². The molecule has 0 bridgehead atoms. The number of phenolic OH excluding ortho intramolecular Hbond substituents is 1. The summed E-state index contributed by atoms with van der Waals surface area (Å²) in [6.07, 6.45) is 0. The van der Waals surface area contributed by atoms with E-state index in [2.05, 4.69) is 0 Å². The number of anilines is 1. The molecule has 1 aliphatic heterocycles. The van der Waals surface area contributed by atoms with Gasteiger partial charge in [-0.05, 0) is 48.0 Å². The van der Waals surface area contributed by atoms with Crippen molar-refractivity contribution in [1.29, 1.82) is 0 Å². The quantitative estimate of drug-likeness (QED) is 0.306. The molecule has 1 atom stereocenters. The molecule has 1 amide bonds. The first-order valence-electron chi connectivity index (χ1n) is 9.52. The zero-order valence-electron chi connectivity index (χ0n) is 16.8. The Kier molecular flexibility index (Phi) is 5.82. The summed E-state index contributed by atoms with van der Waals surface area (Å²) in [5.41, 5.74) is 1.05. The molecule has 1 fully saturated rings. The SMILES string of the molecule is COc1cc(/C(O)=C2/C(=O)C(=O)N(c3ccccc3)C2c2ccc(O)c(Cl)c2)ccc1Cl. The van der Waals surface area contributed by atoms with Gasteiger partial charge in [0.05, 0.1) is 28.8 Å². The minimum absolute atomic E-state index is 0.0503. The highest BCUT2D eigenvalue weighted by Gasteiger charge is 2.47. The maximum atomic E-state index is 13.1. The number of para-hydroxylation sites is 1. The van der Waals surface area contributed by atoms with Gasteiger partial charge < -0.3 is 14.9 Å². The van der Waals surface area contributed by atoms with Gasteiger partial charge in [0.1, 0.15) is 17.3 Å². The average molecular weight is 470 g/mol. The van der Waals surface area contributed by atoms with E-state index in [-0.39, 0.29) is 27.7 Å². The Bertz CT molecular complexity index is 1260. The minimum Gasteiger partial charge on any atom is -0.507 e. The number of ketones is 1. The largest absolute Gasteiger partial charge is 0.507 e. The van der Waals surface area contributed by atoms with Gasteiger partial charge in [0, 0.05) is 11.3 Å². The zero-order chi connectivity index (χ0) is 23.0. The summed E-state index contributed by atoms with van der Waals surface area (Å²) >= 11 is 12.2. The van der Waals surface area contributed by atoms with E-state index in [4.69, 9.17) is 27.9 Å². The van der Waals surface area contributed by atoms with Crippen LogP contribution in [0.25, 0.3) is 5.76 Å². The van der Waals surface area contributed by atoms with Crippen molar-refractivity contribution >= 4 is 46.3 Å². The highest BCUT2D eigenvalue weighted by atomic mass is 35.5. The number of phenols is 1. The van der Waals surface area contributed by atoms with E-state index >= 15 is 0 Å². The summed E-state index contributed by atoms with van der Waals surface area (Å²) in [7, 11) is 1.43. The van der Waals surface area contributed by atoms with E-state index in [1.807, 2.05) is 0 Å². The van der Waals surface area contributed by atoms with Crippen LogP contribution >= 0.6 is 23.2 Å². The van der Waals surface area contributed by atoms with E-state index in [0.717, 1.165) is 0 Å². The third-order valence-corrected chi connectivity index (χ3v) is 5.81. The number of rotatable bonds is 4. The molecule has 3 aromatic rings. The van der Waals surface area contributed by atoms with E-state index in [1.165, 1.54) is 42.3 Å². The lowest BCUT2D eigenvalue weighted by molar-refractivity contribution is -0.132. The van der Waals surface area contributed by atoms with Crippen LogP contribution in [-0.2, 0) is 9.59 Å². The molecule has 2 N–H and O–H groups in total. The lowest BCUT2D eigenvalue weighted by Crippen LogP contribution is -2.29. The van der Waals surface area contributed by atoms with Crippen molar-refractivity contribution in [1.82, 2.24) is 0 Å². The highest BCUT2D eigenvalue weighted by Crippen LogP contribution is 2.43. The van der Waals surface area contributed by atoms with E-state index in [0.29, 0.717) is 22.0 Å². The van der Waals surface area contributed by atoms with Crippen LogP contribution in [0.3, 0.4) is 0 Å². The Morgan fingerprint density at radius 3 is 2.34 bits per heavy atom. The molecule has 1 heterocycles. The van der Waals surface area contributed by atoms with Crippen LogP contribution in [-0.4, -0.2) is 29.0 Å². The fourth-order valence-corrected chi connectivity index (χ4v) is 4.04. The molecule has 0 spiro atoms. The van der Waals surface area contributed by atoms with Gasteiger partial charge in [0.15, 0.2) is 0 Å². The molecular formula is C24H17Cl2NO5. The second-order valence-corrected chi connectivity index (χ2v) is 7.88. The van der Waals surface area contributed by atoms with Gasteiger partial charge in [0.25, 0.3) is 11.7 Å². The predicted octanol–water partition coefficient (Wildman–Crippen LogP) is 5.33. The summed E-state index contributed by atoms with van der Waals surface area (Å²) in [6, 6.07) is 16.6. The Morgan fingerprint density at radius 2 is 1.69 bits per heavy atom. The summed E-state index contributed by atoms with van der Waals surface area (Å²) < 4.78 is 5.20. The molecule has 32 heavy (non-hydrogen) atoms. The number of amides is 1. The lowest BCUT2D eigenvalue weighted by atomic mass is 9.95. The number of benzene rings is 3. The number of carbonyl (C=O) groups excluding carboxylic acids is 2. The van der Waals surface area contributed by atoms with Crippen molar-refractivity contribution in [2.24, 2.45) is 0 Å². The molecule has 1 saturated heterocycles. The van der Waals surface area contributed by atoms with E-state index in [9.17, 15) is 19.8 Å². The van der Waals surface area contributed by atoms with Gasteiger partial charge in [0.2, 0.25) is 0 Å². The molecule has 0 aromatic heterocycles. The molecule has 1 aliphatic rings. The molecule has 8 heteroatoms. The van der Waals surface area contributed by atoms with Gasteiger partial charge in [-0.25, -0.2) is 0 Å². The first kappa shape index (κ1) is 21.7. The van der Waals surface area contributed by atoms with Gasteiger partial charge in [-0.2, -0.15) is 0 Å². The van der Waals surface area contributed by atoms with Crippen LogP contribution in [0.2, 0.25) is 10.0 Å². The fourth-order valence-electron chi connectivity index (χ4n) is 3.66. The highest BCUT2D eigenvalue weighted by molar-refractivity contribution is 6.51. The van der Waals surface area contributed by atoms with Gasteiger partial charge >= 0.3 is 0 Å². The Balaban J connectivity index is 1.97. The molecule has 4 rings (SSSR count). The number of carbonyl (C=O) groups is 2. The first-order valence-corrected chi connectivity index (χ1v) is 10.3. The first-order chi connectivity index (χ1) is 15.3. The second-order valence-electron chi connectivity index (χ2n) is 7.06. The number of hydrogen-bond acceptors (Lipinski definition) is 5. The van der Waals surface area contributed by atoms with Crippen molar-refractivity contribution in [2.45, 2.75) is 6.04 Å². The van der Waals surface area contributed by atoms with Crippen LogP contribution in [0, 0.1) is 0 Å². The maximum absolute atomic E-state index is 13.1. The number of aromatic hydroxyl groups is 1. The van der Waals surface area contributed by atoms with Gasteiger partial charge in [-0.15, -0.1) is 0 Å². The summed E-state index contributed by atoms with van der Waals surface area (Å²) in [4.78, 5) is 27.5. The molecule has 6 nitrogen and oxygen atoms in total. The average Bonchev–Trinajstić information content (AvgIpc) is 3.06. The lowest BCUT2D eigenvalue weighted by Gasteiger charge is -2.25. The topological polar surface area (TPSA) is 87.1 Å². The molecule has 0 radical (unpaired) electrons. The molecule has 0 aliphatic carbocycles. The Morgan fingerprint density at radius 1 is 0.969 bits per heavy atom. The number of ether oxygens (including phenoxy) is 1. The van der Waals surface area contributed by atoms with Crippen molar-refractivity contribution < 1.29 is 24.5 Å². The monoisotopic (exact) mass is 469 g/mol. The van der Waals surface area contributed by atoms with Crippen LogP contribution in [0.1, 0.15) is 17.2 Å². The predicted molar refractivity (Wildman–Crippen MR) is 122 cm³/mol. The number of methoxy groups -OCH3 is 1. The van der Waals surface area contributed by atoms with Gasteiger partial charge in [-0.3, -0.25) is 14.5 Å². The van der Waals surface area contributed by atoms with Crippen LogP contribution < -0.4 is 9.64 Å². The van der Waals surface area contributed by atoms with E-state index < -0.39 is 17.7 Å².